The topological polar surface area (TPSA) is 55.6 Å². The molecule has 1 aliphatic carbocycles. The first-order valence-electron chi connectivity index (χ1n) is 7.76. The molecule has 1 heterocycles. The van der Waals surface area contributed by atoms with E-state index in [1.807, 2.05) is 6.92 Å². The molecular weight excluding hydrogens is 240 g/mol. The Labute approximate surface area is 116 Å². The molecule has 110 valence electrons. The molecule has 0 aromatic heterocycles. The third-order valence-corrected chi connectivity index (χ3v) is 4.61. The largest absolute Gasteiger partial charge is 0.375 e. The van der Waals surface area contributed by atoms with Gasteiger partial charge in [0.05, 0.1) is 18.8 Å². The minimum absolute atomic E-state index is 0.173. The van der Waals surface area contributed by atoms with Crippen molar-refractivity contribution in [3.63, 3.8) is 0 Å². The van der Waals surface area contributed by atoms with Crippen LogP contribution in [-0.4, -0.2) is 42.1 Å². The van der Waals surface area contributed by atoms with Crippen LogP contribution in [0.5, 0.6) is 0 Å². The van der Waals surface area contributed by atoms with Gasteiger partial charge in [-0.05, 0) is 44.9 Å². The van der Waals surface area contributed by atoms with E-state index in [-0.39, 0.29) is 12.1 Å². The maximum atomic E-state index is 12.5. The number of nitrogens with zero attached hydrogens (tertiary/aromatic N) is 1. The van der Waals surface area contributed by atoms with Gasteiger partial charge in [0.25, 0.3) is 0 Å². The molecule has 2 atom stereocenters. The molecule has 1 amide bonds. The van der Waals surface area contributed by atoms with Gasteiger partial charge in [-0.1, -0.05) is 6.92 Å². The molecule has 2 unspecified atom stereocenters. The highest BCUT2D eigenvalue weighted by atomic mass is 16.5. The molecule has 4 nitrogen and oxygen atoms in total. The minimum atomic E-state index is 0.173. The van der Waals surface area contributed by atoms with Crippen molar-refractivity contribution in [2.24, 2.45) is 11.7 Å². The fraction of sp³-hybridized carbons (Fsp3) is 0.933. The van der Waals surface area contributed by atoms with Crippen molar-refractivity contribution in [2.75, 3.05) is 13.2 Å². The predicted molar refractivity (Wildman–Crippen MR) is 75.8 cm³/mol. The van der Waals surface area contributed by atoms with Crippen LogP contribution in [0.25, 0.3) is 0 Å². The van der Waals surface area contributed by atoms with Crippen LogP contribution in [0.15, 0.2) is 0 Å². The quantitative estimate of drug-likeness (QED) is 0.851. The van der Waals surface area contributed by atoms with Gasteiger partial charge in [0, 0.05) is 19.0 Å². The normalized spacial score (nSPS) is 36.3. The first-order valence-corrected chi connectivity index (χ1v) is 7.76. The number of ether oxygens (including phenoxy) is 1. The molecule has 2 fully saturated rings. The molecule has 2 rings (SSSR count). The number of nitrogens with two attached hydrogens (primary N) is 1. The summed E-state index contributed by atoms with van der Waals surface area (Å²) in [5, 5.41) is 0. The van der Waals surface area contributed by atoms with Crippen LogP contribution in [0.2, 0.25) is 0 Å². The van der Waals surface area contributed by atoms with E-state index in [0.717, 1.165) is 38.6 Å². The van der Waals surface area contributed by atoms with Gasteiger partial charge in [-0.2, -0.15) is 0 Å². The molecule has 1 saturated carbocycles. The lowest BCUT2D eigenvalue weighted by Crippen LogP contribution is -2.51. The van der Waals surface area contributed by atoms with E-state index in [2.05, 4.69) is 11.8 Å². The summed E-state index contributed by atoms with van der Waals surface area (Å²) < 4.78 is 5.66. The number of carbonyl (C=O) groups is 1. The number of hydrogen-bond acceptors (Lipinski definition) is 3. The average molecular weight is 268 g/mol. The van der Waals surface area contributed by atoms with Crippen molar-refractivity contribution in [1.82, 2.24) is 4.90 Å². The SMILES string of the molecule is CCC1COC(C)CN1C(=O)CC1CCC(N)CC1. The van der Waals surface area contributed by atoms with E-state index in [9.17, 15) is 4.79 Å². The molecule has 4 heteroatoms. The lowest BCUT2D eigenvalue weighted by molar-refractivity contribution is -0.145. The minimum Gasteiger partial charge on any atom is -0.375 e. The van der Waals surface area contributed by atoms with Crippen LogP contribution in [0.3, 0.4) is 0 Å². The Bertz CT molecular complexity index is 301. The van der Waals surface area contributed by atoms with E-state index in [4.69, 9.17) is 10.5 Å². The van der Waals surface area contributed by atoms with Crippen LogP contribution >= 0.6 is 0 Å². The summed E-state index contributed by atoms with van der Waals surface area (Å²) in [6, 6.07) is 0.632. The van der Waals surface area contributed by atoms with E-state index < -0.39 is 0 Å². The molecular formula is C15H28N2O2. The van der Waals surface area contributed by atoms with Crippen molar-refractivity contribution < 1.29 is 9.53 Å². The van der Waals surface area contributed by atoms with Gasteiger partial charge in [-0.15, -0.1) is 0 Å². The monoisotopic (exact) mass is 268 g/mol. The fourth-order valence-corrected chi connectivity index (χ4v) is 3.24. The Balaban J connectivity index is 1.86. The van der Waals surface area contributed by atoms with E-state index >= 15 is 0 Å². The zero-order chi connectivity index (χ0) is 13.8. The van der Waals surface area contributed by atoms with Crippen LogP contribution in [0, 0.1) is 5.92 Å². The van der Waals surface area contributed by atoms with Gasteiger partial charge in [0.2, 0.25) is 5.91 Å². The molecule has 2 aliphatic rings. The Kier molecular flexibility index (Phi) is 5.22. The molecule has 1 saturated heterocycles. The number of amides is 1. The zero-order valence-electron chi connectivity index (χ0n) is 12.3. The van der Waals surface area contributed by atoms with Crippen molar-refractivity contribution in [2.45, 2.75) is 70.6 Å². The van der Waals surface area contributed by atoms with Crippen LogP contribution in [0.1, 0.15) is 52.4 Å². The van der Waals surface area contributed by atoms with Gasteiger partial charge in [0.15, 0.2) is 0 Å². The van der Waals surface area contributed by atoms with Gasteiger partial charge in [-0.25, -0.2) is 0 Å². The second kappa shape index (κ2) is 6.71. The molecule has 0 bridgehead atoms. The van der Waals surface area contributed by atoms with Gasteiger partial charge in [0.1, 0.15) is 0 Å². The first-order chi connectivity index (χ1) is 9.10. The Hall–Kier alpha value is -0.610. The molecule has 0 radical (unpaired) electrons. The summed E-state index contributed by atoms with van der Waals surface area (Å²) >= 11 is 0. The lowest BCUT2D eigenvalue weighted by atomic mass is 9.84. The summed E-state index contributed by atoms with van der Waals surface area (Å²) in [6.07, 6.45) is 6.24. The third kappa shape index (κ3) is 3.93. The molecule has 0 aromatic carbocycles. The van der Waals surface area contributed by atoms with Gasteiger partial charge < -0.3 is 15.4 Å². The van der Waals surface area contributed by atoms with Gasteiger partial charge in [-0.3, -0.25) is 4.79 Å². The summed E-state index contributed by atoms with van der Waals surface area (Å²) in [5.74, 6) is 0.866. The van der Waals surface area contributed by atoms with Crippen molar-refractivity contribution in [3.8, 4) is 0 Å². The highest BCUT2D eigenvalue weighted by Crippen LogP contribution is 2.27. The highest BCUT2D eigenvalue weighted by molar-refractivity contribution is 5.77. The van der Waals surface area contributed by atoms with Crippen molar-refractivity contribution >= 4 is 5.91 Å². The lowest BCUT2D eigenvalue weighted by Gasteiger charge is -2.39. The van der Waals surface area contributed by atoms with Crippen molar-refractivity contribution in [1.29, 1.82) is 0 Å². The average Bonchev–Trinajstić information content (AvgIpc) is 2.41. The second-order valence-corrected chi connectivity index (χ2v) is 6.24. The molecule has 0 aromatic rings. The number of hydrogen-bond donors (Lipinski definition) is 1. The fourth-order valence-electron chi connectivity index (χ4n) is 3.24. The summed E-state index contributed by atoms with van der Waals surface area (Å²) in [6.45, 7) is 5.62. The Morgan fingerprint density at radius 3 is 2.63 bits per heavy atom. The number of carbonyl (C=O) groups excluding carboxylic acids is 1. The smallest absolute Gasteiger partial charge is 0.223 e. The zero-order valence-corrected chi connectivity index (χ0v) is 12.3. The Morgan fingerprint density at radius 2 is 2.00 bits per heavy atom. The molecule has 0 spiro atoms. The first kappa shape index (κ1) is 14.8. The number of rotatable bonds is 3. The molecule has 1 aliphatic heterocycles. The van der Waals surface area contributed by atoms with E-state index in [1.54, 1.807) is 0 Å². The molecule has 19 heavy (non-hydrogen) atoms. The van der Waals surface area contributed by atoms with Crippen LogP contribution < -0.4 is 5.73 Å². The Morgan fingerprint density at radius 1 is 1.32 bits per heavy atom. The van der Waals surface area contributed by atoms with Crippen LogP contribution in [-0.2, 0) is 9.53 Å². The summed E-state index contributed by atoms with van der Waals surface area (Å²) in [4.78, 5) is 14.6. The second-order valence-electron chi connectivity index (χ2n) is 6.24. The van der Waals surface area contributed by atoms with Gasteiger partial charge >= 0.3 is 0 Å². The third-order valence-electron chi connectivity index (χ3n) is 4.61. The van der Waals surface area contributed by atoms with E-state index in [0.29, 0.717) is 30.9 Å². The standard InChI is InChI=1S/C15H28N2O2/c1-3-14-10-19-11(2)9-17(14)15(18)8-12-4-6-13(16)7-5-12/h11-14H,3-10,16H2,1-2H3. The molecule has 2 N–H and O–H groups in total. The van der Waals surface area contributed by atoms with E-state index in [1.165, 1.54) is 0 Å². The summed E-state index contributed by atoms with van der Waals surface area (Å²) in [7, 11) is 0. The van der Waals surface area contributed by atoms with Crippen molar-refractivity contribution in [3.05, 3.63) is 0 Å². The number of morpholine rings is 1. The summed E-state index contributed by atoms with van der Waals surface area (Å²) in [5.41, 5.74) is 5.92. The van der Waals surface area contributed by atoms with Crippen LogP contribution in [0.4, 0.5) is 0 Å². The maximum absolute atomic E-state index is 12.5. The predicted octanol–water partition coefficient (Wildman–Crippen LogP) is 1.92. The highest BCUT2D eigenvalue weighted by Gasteiger charge is 2.31. The maximum Gasteiger partial charge on any atom is 0.223 e.